The first-order valence-electron chi connectivity index (χ1n) is 9.60. The Morgan fingerprint density at radius 2 is 1.66 bits per heavy atom. The number of pyridine rings is 1. The van der Waals surface area contributed by atoms with Gasteiger partial charge in [-0.15, -0.1) is 0 Å². The third kappa shape index (κ3) is 4.01. The third-order valence-corrected chi connectivity index (χ3v) is 5.00. The summed E-state index contributed by atoms with van der Waals surface area (Å²) in [6, 6.07) is 15.8. The fourth-order valence-corrected chi connectivity index (χ4v) is 3.63. The molecule has 0 spiro atoms. The van der Waals surface area contributed by atoms with Gasteiger partial charge in [0.25, 0.3) is 11.8 Å². The number of hydrogen-bond acceptors (Lipinski definition) is 5. The number of aryl methyl sites for hydroxylation is 1. The van der Waals surface area contributed by atoms with Gasteiger partial charge in [0.05, 0.1) is 11.1 Å². The number of rotatable bonds is 4. The zero-order valence-electron chi connectivity index (χ0n) is 15.8. The van der Waals surface area contributed by atoms with Crippen LogP contribution in [0.25, 0.3) is 10.9 Å². The topological polar surface area (TPSA) is 85.4 Å². The van der Waals surface area contributed by atoms with Crippen molar-refractivity contribution in [2.24, 2.45) is 0 Å². The highest BCUT2D eigenvalue weighted by atomic mass is 16.5. The van der Waals surface area contributed by atoms with E-state index in [1.807, 2.05) is 24.3 Å². The van der Waals surface area contributed by atoms with Gasteiger partial charge in [0, 0.05) is 16.6 Å². The molecule has 0 saturated heterocycles. The van der Waals surface area contributed by atoms with E-state index in [1.54, 1.807) is 30.3 Å². The Balaban J connectivity index is 1.51. The molecule has 6 nitrogen and oxygen atoms in total. The molecule has 6 heteroatoms. The van der Waals surface area contributed by atoms with Crippen molar-refractivity contribution in [1.29, 1.82) is 0 Å². The number of nitrogens with zero attached hydrogens (tertiary/aromatic N) is 1. The summed E-state index contributed by atoms with van der Waals surface area (Å²) in [6.45, 7) is -0.525. The molecule has 0 atom stereocenters. The van der Waals surface area contributed by atoms with Crippen LogP contribution in [-0.4, -0.2) is 29.4 Å². The molecule has 0 saturated carbocycles. The van der Waals surface area contributed by atoms with Crippen LogP contribution in [0.3, 0.4) is 0 Å². The van der Waals surface area contributed by atoms with Gasteiger partial charge in [0.1, 0.15) is 0 Å². The fraction of sp³-hybridized carbons (Fsp3) is 0.217. The first-order valence-corrected chi connectivity index (χ1v) is 9.60. The van der Waals surface area contributed by atoms with Crippen LogP contribution in [0.15, 0.2) is 54.6 Å². The quantitative estimate of drug-likeness (QED) is 0.694. The van der Waals surface area contributed by atoms with Crippen LogP contribution in [0.1, 0.15) is 44.8 Å². The Morgan fingerprint density at radius 3 is 2.48 bits per heavy atom. The number of nitrogens with one attached hydrogen (secondary N) is 1. The minimum Gasteiger partial charge on any atom is -0.452 e. The minimum absolute atomic E-state index is 0.362. The molecule has 2 aromatic carbocycles. The van der Waals surface area contributed by atoms with Crippen molar-refractivity contribution in [3.05, 3.63) is 77.0 Å². The SMILES string of the molecule is O=C(COC(=O)c1c2c(nc3ccccc13)CCCC2)NC(=O)c1ccccc1. The number of fused-ring (bicyclic) bond motifs is 2. The summed E-state index contributed by atoms with van der Waals surface area (Å²) >= 11 is 0. The first kappa shape index (κ1) is 18.8. The van der Waals surface area contributed by atoms with Crippen LogP contribution < -0.4 is 5.32 Å². The van der Waals surface area contributed by atoms with Gasteiger partial charge >= 0.3 is 5.97 Å². The fourth-order valence-electron chi connectivity index (χ4n) is 3.63. The summed E-state index contributed by atoms with van der Waals surface area (Å²) in [7, 11) is 0. The van der Waals surface area contributed by atoms with E-state index in [2.05, 4.69) is 5.32 Å². The second-order valence-electron chi connectivity index (χ2n) is 6.96. The number of benzene rings is 2. The van der Waals surface area contributed by atoms with Crippen LogP contribution in [0.5, 0.6) is 0 Å². The average Bonchev–Trinajstić information content (AvgIpc) is 2.76. The molecule has 0 bridgehead atoms. The number of esters is 1. The molecule has 4 rings (SSSR count). The molecule has 1 heterocycles. The molecular formula is C23H20N2O4. The van der Waals surface area contributed by atoms with Gasteiger partial charge in [-0.2, -0.15) is 0 Å². The number of imide groups is 1. The van der Waals surface area contributed by atoms with Crippen LogP contribution in [0.2, 0.25) is 0 Å². The maximum atomic E-state index is 12.9. The number of aromatic nitrogens is 1. The van der Waals surface area contributed by atoms with Gasteiger partial charge in [-0.1, -0.05) is 36.4 Å². The van der Waals surface area contributed by atoms with Crippen molar-refractivity contribution >= 4 is 28.7 Å². The Labute approximate surface area is 167 Å². The number of para-hydroxylation sites is 1. The predicted octanol–water partition coefficient (Wildman–Crippen LogP) is 3.23. The Kier molecular flexibility index (Phi) is 5.33. The summed E-state index contributed by atoms with van der Waals surface area (Å²) in [4.78, 5) is 41.7. The molecule has 2 amide bonds. The lowest BCUT2D eigenvalue weighted by molar-refractivity contribution is -0.123. The number of carbonyl (C=O) groups is 3. The van der Waals surface area contributed by atoms with E-state index in [1.165, 1.54) is 0 Å². The molecule has 0 fully saturated rings. The maximum Gasteiger partial charge on any atom is 0.339 e. The molecule has 1 aliphatic rings. The van der Waals surface area contributed by atoms with Crippen LogP contribution in [0, 0.1) is 0 Å². The summed E-state index contributed by atoms with van der Waals surface area (Å²) in [5.74, 6) is -1.76. The summed E-state index contributed by atoms with van der Waals surface area (Å²) in [6.07, 6.45) is 3.61. The number of hydrogen-bond donors (Lipinski definition) is 1. The molecule has 0 radical (unpaired) electrons. The van der Waals surface area contributed by atoms with Gasteiger partial charge < -0.3 is 4.74 Å². The van der Waals surface area contributed by atoms with Crippen molar-refractivity contribution in [1.82, 2.24) is 10.3 Å². The predicted molar refractivity (Wildman–Crippen MR) is 108 cm³/mol. The monoisotopic (exact) mass is 388 g/mol. The van der Waals surface area contributed by atoms with E-state index < -0.39 is 24.4 Å². The zero-order valence-corrected chi connectivity index (χ0v) is 15.8. The molecule has 29 heavy (non-hydrogen) atoms. The summed E-state index contributed by atoms with van der Waals surface area (Å²) in [5, 5.41) is 2.96. The molecule has 3 aromatic rings. The van der Waals surface area contributed by atoms with Gasteiger partial charge in [0.2, 0.25) is 0 Å². The molecule has 0 aliphatic heterocycles. The van der Waals surface area contributed by atoms with E-state index in [4.69, 9.17) is 9.72 Å². The normalized spacial score (nSPS) is 12.8. The number of carbonyl (C=O) groups excluding carboxylic acids is 3. The van der Waals surface area contributed by atoms with Crippen LogP contribution in [0.4, 0.5) is 0 Å². The smallest absolute Gasteiger partial charge is 0.339 e. The van der Waals surface area contributed by atoms with E-state index in [-0.39, 0.29) is 0 Å². The highest BCUT2D eigenvalue weighted by Gasteiger charge is 2.24. The third-order valence-electron chi connectivity index (χ3n) is 5.00. The maximum absolute atomic E-state index is 12.9. The molecule has 146 valence electrons. The minimum atomic E-state index is -0.667. The highest BCUT2D eigenvalue weighted by molar-refractivity contribution is 6.07. The highest BCUT2D eigenvalue weighted by Crippen LogP contribution is 2.29. The Morgan fingerprint density at radius 1 is 0.931 bits per heavy atom. The molecule has 1 aromatic heterocycles. The lowest BCUT2D eigenvalue weighted by Gasteiger charge is -2.19. The van der Waals surface area contributed by atoms with Gasteiger partial charge in [-0.3, -0.25) is 19.9 Å². The largest absolute Gasteiger partial charge is 0.452 e. The first-order chi connectivity index (χ1) is 14.1. The van der Waals surface area contributed by atoms with Crippen LogP contribution in [-0.2, 0) is 22.4 Å². The average molecular weight is 388 g/mol. The number of ether oxygens (including phenoxy) is 1. The van der Waals surface area contributed by atoms with Crippen molar-refractivity contribution < 1.29 is 19.1 Å². The van der Waals surface area contributed by atoms with Crippen molar-refractivity contribution in [3.63, 3.8) is 0 Å². The van der Waals surface area contributed by atoms with Gasteiger partial charge in [-0.25, -0.2) is 4.79 Å². The van der Waals surface area contributed by atoms with E-state index in [0.29, 0.717) is 11.1 Å². The van der Waals surface area contributed by atoms with E-state index in [0.717, 1.165) is 47.8 Å². The lowest BCUT2D eigenvalue weighted by atomic mass is 9.90. The second-order valence-corrected chi connectivity index (χ2v) is 6.96. The van der Waals surface area contributed by atoms with Crippen molar-refractivity contribution in [2.45, 2.75) is 25.7 Å². The van der Waals surface area contributed by atoms with Crippen LogP contribution >= 0.6 is 0 Å². The Bertz CT molecular complexity index is 1090. The summed E-state index contributed by atoms with van der Waals surface area (Å²) in [5.41, 5.74) is 3.41. The van der Waals surface area contributed by atoms with Gasteiger partial charge in [-0.05, 0) is 49.4 Å². The second kappa shape index (κ2) is 8.22. The standard InChI is InChI=1S/C23H20N2O4/c26-20(25-22(27)15-8-2-1-3-9-15)14-29-23(28)21-16-10-4-6-12-18(16)24-19-13-7-5-11-17(19)21/h1-4,6,8-10,12H,5,7,11,13-14H2,(H,25,26,27). The van der Waals surface area contributed by atoms with Crippen molar-refractivity contribution in [3.8, 4) is 0 Å². The molecule has 1 N–H and O–H groups in total. The Hall–Kier alpha value is -3.54. The lowest BCUT2D eigenvalue weighted by Crippen LogP contribution is -2.34. The zero-order chi connectivity index (χ0) is 20.2. The van der Waals surface area contributed by atoms with Gasteiger partial charge in [0.15, 0.2) is 6.61 Å². The molecule has 1 aliphatic carbocycles. The number of amides is 2. The molecular weight excluding hydrogens is 368 g/mol. The van der Waals surface area contributed by atoms with Crippen molar-refractivity contribution in [2.75, 3.05) is 6.61 Å². The molecule has 0 unspecified atom stereocenters. The summed E-state index contributed by atoms with van der Waals surface area (Å²) < 4.78 is 5.27. The van der Waals surface area contributed by atoms with E-state index in [9.17, 15) is 14.4 Å². The van der Waals surface area contributed by atoms with E-state index >= 15 is 0 Å².